The predicted molar refractivity (Wildman–Crippen MR) is 47.8 cm³/mol. The lowest BCUT2D eigenvalue weighted by molar-refractivity contribution is -0.128. The summed E-state index contributed by atoms with van der Waals surface area (Å²) in [5, 5.41) is 1.59. The standard InChI is InChI=1S/C9H16NO3/c1-9(2,3)12-8(11)13-10-6-4-5-7-10/h4H,5-7H2,1-3H3. The number of nitrogens with zero attached hydrogens (tertiary/aromatic N) is 1. The Hall–Kier alpha value is -0.770. The predicted octanol–water partition coefficient (Wildman–Crippen LogP) is 1.76. The molecular weight excluding hydrogens is 170 g/mol. The molecule has 4 heteroatoms. The molecule has 0 bridgehead atoms. The minimum atomic E-state index is -0.622. The van der Waals surface area contributed by atoms with Crippen LogP contribution in [0.5, 0.6) is 0 Å². The second-order valence-corrected chi connectivity index (χ2v) is 4.02. The fourth-order valence-electron chi connectivity index (χ4n) is 1.02. The smallest absolute Gasteiger partial charge is 0.427 e. The largest absolute Gasteiger partial charge is 0.528 e. The highest BCUT2D eigenvalue weighted by molar-refractivity contribution is 5.60. The molecule has 0 N–H and O–H groups in total. The number of rotatable bonds is 1. The number of ether oxygens (including phenoxy) is 1. The first-order valence-corrected chi connectivity index (χ1v) is 4.45. The number of carbonyl (C=O) groups excluding carboxylic acids is 1. The first-order valence-electron chi connectivity index (χ1n) is 4.45. The maximum atomic E-state index is 11.1. The molecule has 1 aliphatic rings. The van der Waals surface area contributed by atoms with Crippen LogP contribution in [0.1, 0.15) is 27.2 Å². The molecule has 1 rings (SSSR count). The summed E-state index contributed by atoms with van der Waals surface area (Å²) in [5.74, 6) is 0. The van der Waals surface area contributed by atoms with Crippen LogP contribution in [0.25, 0.3) is 0 Å². The maximum Gasteiger partial charge on any atom is 0.528 e. The van der Waals surface area contributed by atoms with E-state index < -0.39 is 11.8 Å². The van der Waals surface area contributed by atoms with E-state index in [9.17, 15) is 4.79 Å². The van der Waals surface area contributed by atoms with Crippen LogP contribution < -0.4 is 0 Å². The zero-order chi connectivity index (χ0) is 9.90. The third kappa shape index (κ3) is 4.12. The molecule has 0 atom stereocenters. The molecule has 0 spiro atoms. The van der Waals surface area contributed by atoms with Crippen molar-refractivity contribution in [3.63, 3.8) is 0 Å². The highest BCUT2D eigenvalue weighted by atomic mass is 16.8. The molecule has 1 radical (unpaired) electrons. The third-order valence-electron chi connectivity index (χ3n) is 1.51. The molecule has 75 valence electrons. The lowest BCUT2D eigenvalue weighted by Gasteiger charge is -2.21. The Morgan fingerprint density at radius 1 is 1.46 bits per heavy atom. The molecule has 4 nitrogen and oxygen atoms in total. The molecule has 1 heterocycles. The molecule has 1 fully saturated rings. The number of hydrogen-bond donors (Lipinski definition) is 0. The SMILES string of the molecule is CC(C)(C)OC(=O)ON1C[CH]CC1. The van der Waals surface area contributed by atoms with Gasteiger partial charge in [0.2, 0.25) is 0 Å². The van der Waals surface area contributed by atoms with Gasteiger partial charge < -0.3 is 9.57 Å². The van der Waals surface area contributed by atoms with E-state index in [0.717, 1.165) is 13.0 Å². The van der Waals surface area contributed by atoms with Gasteiger partial charge in [-0.25, -0.2) is 4.79 Å². The summed E-state index contributed by atoms with van der Waals surface area (Å²) < 4.78 is 4.98. The summed E-state index contributed by atoms with van der Waals surface area (Å²) in [6, 6.07) is 0. The Labute approximate surface area is 78.8 Å². The minimum absolute atomic E-state index is 0.486. The van der Waals surface area contributed by atoms with E-state index in [1.54, 1.807) is 5.06 Å². The molecule has 13 heavy (non-hydrogen) atoms. The van der Waals surface area contributed by atoms with Gasteiger partial charge in [0.15, 0.2) is 0 Å². The molecule has 0 amide bonds. The van der Waals surface area contributed by atoms with Gasteiger partial charge in [0.25, 0.3) is 0 Å². The van der Waals surface area contributed by atoms with Crippen molar-refractivity contribution >= 4 is 6.16 Å². The van der Waals surface area contributed by atoms with Gasteiger partial charge in [-0.1, -0.05) is 0 Å². The van der Waals surface area contributed by atoms with E-state index in [4.69, 9.17) is 9.57 Å². The molecule has 1 saturated heterocycles. The second-order valence-electron chi connectivity index (χ2n) is 4.02. The van der Waals surface area contributed by atoms with E-state index in [1.807, 2.05) is 20.8 Å². The minimum Gasteiger partial charge on any atom is -0.427 e. The van der Waals surface area contributed by atoms with Crippen LogP contribution in [0.15, 0.2) is 0 Å². The zero-order valence-electron chi connectivity index (χ0n) is 8.37. The van der Waals surface area contributed by atoms with E-state index in [-0.39, 0.29) is 0 Å². The first-order chi connectivity index (χ1) is 5.97. The van der Waals surface area contributed by atoms with E-state index in [2.05, 4.69) is 6.42 Å². The molecular formula is C9H16NO3. The van der Waals surface area contributed by atoms with Crippen molar-refractivity contribution in [3.8, 4) is 0 Å². The Morgan fingerprint density at radius 2 is 2.15 bits per heavy atom. The average molecular weight is 186 g/mol. The van der Waals surface area contributed by atoms with Gasteiger partial charge in [-0.15, -0.1) is 5.06 Å². The van der Waals surface area contributed by atoms with Crippen molar-refractivity contribution in [2.45, 2.75) is 32.8 Å². The number of hydroxylamine groups is 2. The molecule has 0 aromatic rings. The van der Waals surface area contributed by atoms with Crippen molar-refractivity contribution in [2.75, 3.05) is 13.1 Å². The molecule has 0 aliphatic carbocycles. The summed E-state index contributed by atoms with van der Waals surface area (Å²) in [7, 11) is 0. The van der Waals surface area contributed by atoms with Crippen molar-refractivity contribution in [1.29, 1.82) is 0 Å². The third-order valence-corrected chi connectivity index (χ3v) is 1.51. The van der Waals surface area contributed by atoms with Gasteiger partial charge in [-0.2, -0.15) is 0 Å². The second kappa shape index (κ2) is 3.96. The van der Waals surface area contributed by atoms with E-state index in [0.29, 0.717) is 6.54 Å². The molecule has 0 aromatic heterocycles. The molecule has 1 aliphatic heterocycles. The number of hydrogen-bond acceptors (Lipinski definition) is 4. The van der Waals surface area contributed by atoms with Crippen LogP contribution in [0.4, 0.5) is 4.79 Å². The molecule has 0 saturated carbocycles. The van der Waals surface area contributed by atoms with Gasteiger partial charge >= 0.3 is 6.16 Å². The maximum absolute atomic E-state index is 11.1. The fraction of sp³-hybridized carbons (Fsp3) is 0.778. The van der Waals surface area contributed by atoms with Crippen LogP contribution in [0.2, 0.25) is 0 Å². The van der Waals surface area contributed by atoms with Crippen molar-refractivity contribution in [2.24, 2.45) is 0 Å². The van der Waals surface area contributed by atoms with Gasteiger partial charge in [-0.3, -0.25) is 0 Å². The first kappa shape index (κ1) is 10.3. The van der Waals surface area contributed by atoms with Crippen molar-refractivity contribution < 1.29 is 14.4 Å². The van der Waals surface area contributed by atoms with Crippen molar-refractivity contribution in [1.82, 2.24) is 5.06 Å². The van der Waals surface area contributed by atoms with Gasteiger partial charge in [-0.05, 0) is 33.6 Å². The van der Waals surface area contributed by atoms with E-state index in [1.165, 1.54) is 0 Å². The van der Waals surface area contributed by atoms with Crippen LogP contribution in [-0.4, -0.2) is 29.9 Å². The summed E-state index contributed by atoms with van der Waals surface area (Å²) in [6.07, 6.45) is 2.40. The van der Waals surface area contributed by atoms with Crippen molar-refractivity contribution in [3.05, 3.63) is 6.42 Å². The van der Waals surface area contributed by atoms with Gasteiger partial charge in [0.1, 0.15) is 5.60 Å². The monoisotopic (exact) mass is 186 g/mol. The van der Waals surface area contributed by atoms with Crippen LogP contribution in [0, 0.1) is 6.42 Å². The van der Waals surface area contributed by atoms with Crippen LogP contribution >= 0.6 is 0 Å². The Balaban J connectivity index is 2.24. The normalized spacial score (nSPS) is 18.7. The summed E-state index contributed by atoms with van der Waals surface area (Å²) in [4.78, 5) is 16.0. The molecule has 0 aromatic carbocycles. The van der Waals surface area contributed by atoms with Crippen LogP contribution in [0.3, 0.4) is 0 Å². The molecule has 0 unspecified atom stereocenters. The van der Waals surface area contributed by atoms with Crippen LogP contribution in [-0.2, 0) is 9.57 Å². The lowest BCUT2D eigenvalue weighted by atomic mass is 10.2. The Kier molecular flexibility index (Phi) is 3.14. The Morgan fingerprint density at radius 3 is 2.62 bits per heavy atom. The summed E-state index contributed by atoms with van der Waals surface area (Å²) in [6.45, 7) is 6.89. The number of carbonyl (C=O) groups is 1. The average Bonchev–Trinajstić information content (AvgIpc) is 2.34. The topological polar surface area (TPSA) is 38.8 Å². The lowest BCUT2D eigenvalue weighted by Crippen LogP contribution is -2.30. The summed E-state index contributed by atoms with van der Waals surface area (Å²) in [5.41, 5.74) is -0.486. The Bertz CT molecular complexity index is 180. The quantitative estimate of drug-likeness (QED) is 0.585. The zero-order valence-corrected chi connectivity index (χ0v) is 8.37. The highest BCUT2D eigenvalue weighted by Gasteiger charge is 2.22. The van der Waals surface area contributed by atoms with E-state index >= 15 is 0 Å². The summed E-state index contributed by atoms with van der Waals surface area (Å²) >= 11 is 0. The van der Waals surface area contributed by atoms with Gasteiger partial charge in [0, 0.05) is 13.1 Å². The fourth-order valence-corrected chi connectivity index (χ4v) is 1.02. The highest BCUT2D eigenvalue weighted by Crippen LogP contribution is 2.11. The van der Waals surface area contributed by atoms with Gasteiger partial charge in [0.05, 0.1) is 0 Å².